The van der Waals surface area contributed by atoms with Crippen LogP contribution < -0.4 is 11.1 Å². The third kappa shape index (κ3) is 6.06. The van der Waals surface area contributed by atoms with Crippen LogP contribution in [0.15, 0.2) is 24.3 Å². The van der Waals surface area contributed by atoms with Gasteiger partial charge >= 0.3 is 0 Å². The third-order valence-corrected chi connectivity index (χ3v) is 3.32. The SMILES string of the molecule is CCCCCN(CC(=O)Nc1ccc(N)cc1)C(C)C. The van der Waals surface area contributed by atoms with E-state index in [2.05, 4.69) is 31.0 Å². The van der Waals surface area contributed by atoms with Crippen LogP contribution in [-0.2, 0) is 4.79 Å². The van der Waals surface area contributed by atoms with Crippen molar-refractivity contribution in [2.75, 3.05) is 24.1 Å². The van der Waals surface area contributed by atoms with Gasteiger partial charge in [-0.25, -0.2) is 0 Å². The summed E-state index contributed by atoms with van der Waals surface area (Å²) in [6.07, 6.45) is 3.55. The second-order valence-electron chi connectivity index (χ2n) is 5.44. The Labute approximate surface area is 122 Å². The number of nitrogens with zero attached hydrogens (tertiary/aromatic N) is 1. The molecular weight excluding hydrogens is 250 g/mol. The first kappa shape index (κ1) is 16.5. The molecule has 1 amide bonds. The summed E-state index contributed by atoms with van der Waals surface area (Å²) in [5.41, 5.74) is 7.12. The van der Waals surface area contributed by atoms with Crippen LogP contribution in [0.3, 0.4) is 0 Å². The van der Waals surface area contributed by atoms with Crippen molar-refractivity contribution < 1.29 is 4.79 Å². The maximum Gasteiger partial charge on any atom is 0.238 e. The molecule has 0 aliphatic carbocycles. The molecule has 20 heavy (non-hydrogen) atoms. The van der Waals surface area contributed by atoms with E-state index in [0.717, 1.165) is 18.7 Å². The predicted octanol–water partition coefficient (Wildman–Crippen LogP) is 3.11. The van der Waals surface area contributed by atoms with Crippen LogP contribution in [0, 0.1) is 0 Å². The zero-order chi connectivity index (χ0) is 15.0. The Kier molecular flexibility index (Phi) is 7.09. The maximum absolute atomic E-state index is 12.1. The summed E-state index contributed by atoms with van der Waals surface area (Å²) in [4.78, 5) is 14.3. The number of hydrogen-bond donors (Lipinski definition) is 2. The second-order valence-corrected chi connectivity index (χ2v) is 5.44. The molecule has 1 rings (SSSR count). The van der Waals surface area contributed by atoms with Gasteiger partial charge in [0.25, 0.3) is 0 Å². The molecule has 0 saturated heterocycles. The summed E-state index contributed by atoms with van der Waals surface area (Å²) in [6, 6.07) is 7.60. The molecule has 0 unspecified atom stereocenters. The van der Waals surface area contributed by atoms with Gasteiger partial charge in [-0.1, -0.05) is 19.8 Å². The number of rotatable bonds is 8. The Morgan fingerprint density at radius 2 is 1.90 bits per heavy atom. The molecule has 0 aromatic heterocycles. The quantitative estimate of drug-likeness (QED) is 0.567. The fourth-order valence-electron chi connectivity index (χ4n) is 2.04. The number of anilines is 2. The molecular formula is C16H27N3O. The van der Waals surface area contributed by atoms with Gasteiger partial charge in [-0.3, -0.25) is 9.69 Å². The van der Waals surface area contributed by atoms with Gasteiger partial charge in [0, 0.05) is 17.4 Å². The van der Waals surface area contributed by atoms with Crippen LogP contribution in [0.1, 0.15) is 40.0 Å². The zero-order valence-electron chi connectivity index (χ0n) is 12.9. The normalized spacial score (nSPS) is 11.1. The van der Waals surface area contributed by atoms with E-state index >= 15 is 0 Å². The van der Waals surface area contributed by atoms with Gasteiger partial charge < -0.3 is 11.1 Å². The van der Waals surface area contributed by atoms with Gasteiger partial charge in [0.15, 0.2) is 0 Å². The van der Waals surface area contributed by atoms with E-state index in [1.807, 2.05) is 12.1 Å². The first-order valence-electron chi connectivity index (χ1n) is 7.42. The molecule has 0 saturated carbocycles. The molecule has 0 bridgehead atoms. The standard InChI is InChI=1S/C16H27N3O/c1-4-5-6-11-19(13(2)3)12-16(20)18-15-9-7-14(17)8-10-15/h7-10,13H,4-6,11-12,17H2,1-3H3,(H,18,20). The van der Waals surface area contributed by atoms with Crippen LogP contribution in [0.2, 0.25) is 0 Å². The molecule has 4 heteroatoms. The van der Waals surface area contributed by atoms with Gasteiger partial charge in [0.2, 0.25) is 5.91 Å². The van der Waals surface area contributed by atoms with Crippen molar-refractivity contribution in [1.82, 2.24) is 4.90 Å². The minimum absolute atomic E-state index is 0.0277. The Morgan fingerprint density at radius 3 is 2.45 bits per heavy atom. The Morgan fingerprint density at radius 1 is 1.25 bits per heavy atom. The number of hydrogen-bond acceptors (Lipinski definition) is 3. The number of amides is 1. The number of nitrogen functional groups attached to an aromatic ring is 1. The van der Waals surface area contributed by atoms with Gasteiger partial charge in [-0.2, -0.15) is 0 Å². The highest BCUT2D eigenvalue weighted by Gasteiger charge is 2.13. The number of nitrogens with two attached hydrogens (primary N) is 1. The van der Waals surface area contributed by atoms with E-state index in [9.17, 15) is 4.79 Å². The summed E-state index contributed by atoms with van der Waals surface area (Å²) in [5.74, 6) is 0.0277. The minimum atomic E-state index is 0.0277. The molecule has 4 nitrogen and oxygen atoms in total. The second kappa shape index (κ2) is 8.59. The fourth-order valence-corrected chi connectivity index (χ4v) is 2.04. The molecule has 0 aliphatic heterocycles. The highest BCUT2D eigenvalue weighted by Crippen LogP contribution is 2.11. The Bertz CT molecular complexity index is 401. The number of nitrogens with one attached hydrogen (secondary N) is 1. The van der Waals surface area contributed by atoms with E-state index < -0.39 is 0 Å². The minimum Gasteiger partial charge on any atom is -0.399 e. The molecule has 0 radical (unpaired) electrons. The van der Waals surface area contributed by atoms with Crippen LogP contribution in [0.5, 0.6) is 0 Å². The molecule has 1 aromatic carbocycles. The lowest BCUT2D eigenvalue weighted by atomic mass is 10.2. The van der Waals surface area contributed by atoms with Crippen molar-refractivity contribution in [3.05, 3.63) is 24.3 Å². The van der Waals surface area contributed by atoms with Crippen LogP contribution in [0.4, 0.5) is 11.4 Å². The van der Waals surface area contributed by atoms with Crippen molar-refractivity contribution in [3.8, 4) is 0 Å². The summed E-state index contributed by atoms with van der Waals surface area (Å²) in [7, 11) is 0. The first-order valence-corrected chi connectivity index (χ1v) is 7.42. The lowest BCUT2D eigenvalue weighted by Crippen LogP contribution is -2.38. The van der Waals surface area contributed by atoms with Crippen molar-refractivity contribution in [1.29, 1.82) is 0 Å². The molecule has 0 aliphatic rings. The number of carbonyl (C=O) groups excluding carboxylic acids is 1. The van der Waals surface area contributed by atoms with Crippen molar-refractivity contribution in [3.63, 3.8) is 0 Å². The number of benzene rings is 1. The smallest absolute Gasteiger partial charge is 0.238 e. The fraction of sp³-hybridized carbons (Fsp3) is 0.562. The van der Waals surface area contributed by atoms with Gasteiger partial charge in [-0.15, -0.1) is 0 Å². The van der Waals surface area contributed by atoms with E-state index in [4.69, 9.17) is 5.73 Å². The highest BCUT2D eigenvalue weighted by molar-refractivity contribution is 5.92. The van der Waals surface area contributed by atoms with Crippen molar-refractivity contribution in [2.24, 2.45) is 0 Å². The molecule has 112 valence electrons. The predicted molar refractivity (Wildman–Crippen MR) is 85.7 cm³/mol. The van der Waals surface area contributed by atoms with Crippen molar-refractivity contribution >= 4 is 17.3 Å². The molecule has 0 spiro atoms. The van der Waals surface area contributed by atoms with E-state index in [1.165, 1.54) is 12.8 Å². The topological polar surface area (TPSA) is 58.4 Å². The van der Waals surface area contributed by atoms with E-state index in [1.54, 1.807) is 12.1 Å². The molecule has 0 fully saturated rings. The summed E-state index contributed by atoms with van der Waals surface area (Å²) in [5, 5.41) is 2.91. The third-order valence-electron chi connectivity index (χ3n) is 3.32. The van der Waals surface area contributed by atoms with Crippen LogP contribution in [-0.4, -0.2) is 29.9 Å². The molecule has 0 atom stereocenters. The Balaban J connectivity index is 2.46. The van der Waals surface area contributed by atoms with Crippen molar-refractivity contribution in [2.45, 2.75) is 46.1 Å². The van der Waals surface area contributed by atoms with Gasteiger partial charge in [0.1, 0.15) is 0 Å². The maximum atomic E-state index is 12.1. The largest absolute Gasteiger partial charge is 0.399 e. The average molecular weight is 277 g/mol. The monoisotopic (exact) mass is 277 g/mol. The average Bonchev–Trinajstić information content (AvgIpc) is 2.40. The van der Waals surface area contributed by atoms with Gasteiger partial charge in [-0.05, 0) is 51.1 Å². The molecule has 3 N–H and O–H groups in total. The summed E-state index contributed by atoms with van der Waals surface area (Å²) >= 11 is 0. The van der Waals surface area contributed by atoms with Gasteiger partial charge in [0.05, 0.1) is 6.54 Å². The van der Waals surface area contributed by atoms with Crippen LogP contribution >= 0.6 is 0 Å². The van der Waals surface area contributed by atoms with E-state index in [-0.39, 0.29) is 5.91 Å². The highest BCUT2D eigenvalue weighted by atomic mass is 16.2. The number of unbranched alkanes of at least 4 members (excludes halogenated alkanes) is 2. The first-order chi connectivity index (χ1) is 9.52. The number of carbonyl (C=O) groups is 1. The molecule has 0 heterocycles. The summed E-state index contributed by atoms with van der Waals surface area (Å²) in [6.45, 7) is 7.85. The summed E-state index contributed by atoms with van der Waals surface area (Å²) < 4.78 is 0. The lowest BCUT2D eigenvalue weighted by molar-refractivity contribution is -0.117. The van der Waals surface area contributed by atoms with Crippen LogP contribution in [0.25, 0.3) is 0 Å². The van der Waals surface area contributed by atoms with E-state index in [0.29, 0.717) is 18.3 Å². The zero-order valence-corrected chi connectivity index (χ0v) is 12.9. The Hall–Kier alpha value is -1.55. The molecule has 1 aromatic rings. The lowest BCUT2D eigenvalue weighted by Gasteiger charge is -2.25.